The maximum absolute atomic E-state index is 11.4. The first kappa shape index (κ1) is 10.1. The quantitative estimate of drug-likeness (QED) is 0.764. The van der Waals surface area contributed by atoms with E-state index in [1.807, 2.05) is 5.38 Å². The van der Waals surface area contributed by atoms with E-state index in [2.05, 4.69) is 10.3 Å². The molecule has 0 saturated carbocycles. The van der Waals surface area contributed by atoms with Gasteiger partial charge in [-0.05, 0) is 0 Å². The summed E-state index contributed by atoms with van der Waals surface area (Å²) in [6, 6.07) is 0. The van der Waals surface area contributed by atoms with Gasteiger partial charge in [0.2, 0.25) is 11.8 Å². The molecule has 0 bridgehead atoms. The maximum Gasteiger partial charge on any atom is 0.242 e. The van der Waals surface area contributed by atoms with Crippen LogP contribution in [-0.2, 0) is 16.0 Å². The summed E-state index contributed by atoms with van der Waals surface area (Å²) in [6.45, 7) is 0.856. The van der Waals surface area contributed by atoms with E-state index in [0.717, 1.165) is 5.69 Å². The molecule has 2 amide bonds. The summed E-state index contributed by atoms with van der Waals surface area (Å²) < 4.78 is 0. The summed E-state index contributed by atoms with van der Waals surface area (Å²) in [5, 5.41) is 4.46. The zero-order valence-corrected chi connectivity index (χ0v) is 8.92. The van der Waals surface area contributed by atoms with Crippen molar-refractivity contribution in [2.45, 2.75) is 6.42 Å². The largest absolute Gasteiger partial charge is 0.345 e. The van der Waals surface area contributed by atoms with Crippen LogP contribution in [0.1, 0.15) is 5.69 Å². The van der Waals surface area contributed by atoms with Crippen LogP contribution in [0.4, 0.5) is 0 Å². The molecule has 5 nitrogen and oxygen atoms in total. The van der Waals surface area contributed by atoms with Gasteiger partial charge < -0.3 is 10.2 Å². The van der Waals surface area contributed by atoms with Crippen molar-refractivity contribution in [1.29, 1.82) is 0 Å². The van der Waals surface area contributed by atoms with Crippen molar-refractivity contribution in [2.24, 2.45) is 0 Å². The second-order valence-corrected chi connectivity index (χ2v) is 4.04. The highest BCUT2D eigenvalue weighted by Gasteiger charge is 2.22. The highest BCUT2D eigenvalue weighted by atomic mass is 32.1. The number of aromatic nitrogens is 1. The first-order valence-electron chi connectivity index (χ1n) is 4.67. The standard InChI is InChI=1S/C9H11N3O2S/c13-8-4-12(9(14)3-10-8)2-1-7-5-15-6-11-7/h5-6H,1-4H2,(H,10,13). The zero-order chi connectivity index (χ0) is 10.7. The summed E-state index contributed by atoms with van der Waals surface area (Å²) >= 11 is 1.53. The molecule has 2 rings (SSSR count). The van der Waals surface area contributed by atoms with Gasteiger partial charge in [0.1, 0.15) is 0 Å². The lowest BCUT2D eigenvalue weighted by Crippen LogP contribution is -2.52. The van der Waals surface area contributed by atoms with Gasteiger partial charge in [-0.15, -0.1) is 11.3 Å². The number of carbonyl (C=O) groups excluding carboxylic acids is 2. The highest BCUT2D eigenvalue weighted by Crippen LogP contribution is 2.04. The number of thiazole rings is 1. The Morgan fingerprint density at radius 3 is 3.13 bits per heavy atom. The minimum Gasteiger partial charge on any atom is -0.345 e. The van der Waals surface area contributed by atoms with Crippen LogP contribution in [0.15, 0.2) is 10.9 Å². The lowest BCUT2D eigenvalue weighted by Gasteiger charge is -2.26. The number of piperazine rings is 1. The minimum absolute atomic E-state index is 0.0233. The Labute approximate surface area is 91.1 Å². The number of hydrogen-bond acceptors (Lipinski definition) is 4. The van der Waals surface area contributed by atoms with Gasteiger partial charge in [-0.25, -0.2) is 4.98 Å². The minimum atomic E-state index is -0.0899. The third-order valence-electron chi connectivity index (χ3n) is 2.25. The van der Waals surface area contributed by atoms with Crippen molar-refractivity contribution in [2.75, 3.05) is 19.6 Å². The van der Waals surface area contributed by atoms with Gasteiger partial charge in [-0.1, -0.05) is 0 Å². The fourth-order valence-electron chi connectivity index (χ4n) is 1.42. The van der Waals surface area contributed by atoms with Crippen LogP contribution < -0.4 is 5.32 Å². The van der Waals surface area contributed by atoms with E-state index >= 15 is 0 Å². The summed E-state index contributed by atoms with van der Waals surface area (Å²) in [5.74, 6) is -0.113. The molecule has 15 heavy (non-hydrogen) atoms. The molecular formula is C9H11N3O2S. The van der Waals surface area contributed by atoms with Gasteiger partial charge in [0.05, 0.1) is 24.3 Å². The van der Waals surface area contributed by atoms with Gasteiger partial charge in [0, 0.05) is 18.3 Å². The van der Waals surface area contributed by atoms with Crippen LogP contribution in [0, 0.1) is 0 Å². The molecule has 0 aromatic carbocycles. The molecule has 1 fully saturated rings. The molecule has 1 N–H and O–H groups in total. The Balaban J connectivity index is 1.88. The number of nitrogens with one attached hydrogen (secondary N) is 1. The fourth-order valence-corrected chi connectivity index (χ4v) is 2.01. The predicted molar refractivity (Wildman–Crippen MR) is 55.4 cm³/mol. The van der Waals surface area contributed by atoms with Crippen molar-refractivity contribution in [3.05, 3.63) is 16.6 Å². The molecule has 80 valence electrons. The topological polar surface area (TPSA) is 62.3 Å². The van der Waals surface area contributed by atoms with E-state index in [4.69, 9.17) is 0 Å². The Morgan fingerprint density at radius 1 is 1.53 bits per heavy atom. The van der Waals surface area contributed by atoms with E-state index in [1.54, 1.807) is 10.4 Å². The molecule has 1 aromatic heterocycles. The summed E-state index contributed by atoms with van der Waals surface area (Å²) in [7, 11) is 0. The monoisotopic (exact) mass is 225 g/mol. The molecule has 0 unspecified atom stereocenters. The average molecular weight is 225 g/mol. The fraction of sp³-hybridized carbons (Fsp3) is 0.444. The average Bonchev–Trinajstić information content (AvgIpc) is 2.72. The lowest BCUT2D eigenvalue weighted by molar-refractivity contribution is -0.140. The van der Waals surface area contributed by atoms with Gasteiger partial charge in [-0.3, -0.25) is 9.59 Å². The zero-order valence-electron chi connectivity index (χ0n) is 8.10. The van der Waals surface area contributed by atoms with Gasteiger partial charge in [0.15, 0.2) is 0 Å². The molecule has 2 heterocycles. The van der Waals surface area contributed by atoms with Crippen LogP contribution in [0.5, 0.6) is 0 Å². The number of hydrogen-bond donors (Lipinski definition) is 1. The van der Waals surface area contributed by atoms with Crippen molar-refractivity contribution in [3.63, 3.8) is 0 Å². The van der Waals surface area contributed by atoms with Crippen molar-refractivity contribution in [3.8, 4) is 0 Å². The molecule has 1 aliphatic heterocycles. The van der Waals surface area contributed by atoms with E-state index in [1.165, 1.54) is 11.3 Å². The lowest BCUT2D eigenvalue weighted by atomic mass is 10.2. The third kappa shape index (κ3) is 2.53. The molecule has 6 heteroatoms. The Kier molecular flexibility index (Phi) is 2.96. The summed E-state index contributed by atoms with van der Waals surface area (Å²) in [6.07, 6.45) is 0.711. The second-order valence-electron chi connectivity index (χ2n) is 3.32. The van der Waals surface area contributed by atoms with E-state index in [9.17, 15) is 9.59 Å². The maximum atomic E-state index is 11.4. The second kappa shape index (κ2) is 4.39. The van der Waals surface area contributed by atoms with Gasteiger partial charge in [-0.2, -0.15) is 0 Å². The first-order valence-corrected chi connectivity index (χ1v) is 5.61. The SMILES string of the molecule is O=C1CN(CCc2cscn2)C(=O)CN1. The van der Waals surface area contributed by atoms with Crippen molar-refractivity contribution >= 4 is 23.2 Å². The van der Waals surface area contributed by atoms with Crippen LogP contribution in [0.25, 0.3) is 0 Å². The van der Waals surface area contributed by atoms with Crippen molar-refractivity contribution < 1.29 is 9.59 Å². The molecule has 0 aliphatic carbocycles. The normalized spacial score (nSPS) is 16.7. The number of rotatable bonds is 3. The van der Waals surface area contributed by atoms with Gasteiger partial charge >= 0.3 is 0 Å². The molecule has 1 aliphatic rings. The Bertz CT molecular complexity index is 363. The van der Waals surface area contributed by atoms with E-state index in [-0.39, 0.29) is 24.9 Å². The number of carbonyl (C=O) groups is 2. The molecule has 1 saturated heterocycles. The first-order chi connectivity index (χ1) is 7.25. The van der Waals surface area contributed by atoms with Crippen molar-refractivity contribution in [1.82, 2.24) is 15.2 Å². The molecule has 0 radical (unpaired) electrons. The van der Waals surface area contributed by atoms with E-state index in [0.29, 0.717) is 13.0 Å². The smallest absolute Gasteiger partial charge is 0.242 e. The molecule has 0 spiro atoms. The Hall–Kier alpha value is -1.43. The van der Waals surface area contributed by atoms with Crippen LogP contribution in [0.2, 0.25) is 0 Å². The number of amides is 2. The van der Waals surface area contributed by atoms with Crippen LogP contribution >= 0.6 is 11.3 Å². The van der Waals surface area contributed by atoms with E-state index < -0.39 is 0 Å². The summed E-state index contributed by atoms with van der Waals surface area (Å²) in [5.41, 5.74) is 2.74. The molecule has 0 atom stereocenters. The third-order valence-corrected chi connectivity index (χ3v) is 2.88. The number of nitrogens with zero attached hydrogens (tertiary/aromatic N) is 2. The predicted octanol–water partition coefficient (Wildman–Crippen LogP) is -0.356. The van der Waals surface area contributed by atoms with Crippen LogP contribution in [0.3, 0.4) is 0 Å². The summed E-state index contributed by atoms with van der Waals surface area (Å²) in [4.78, 5) is 28.1. The van der Waals surface area contributed by atoms with Gasteiger partial charge in [0.25, 0.3) is 0 Å². The highest BCUT2D eigenvalue weighted by molar-refractivity contribution is 7.07. The Morgan fingerprint density at radius 2 is 2.40 bits per heavy atom. The van der Waals surface area contributed by atoms with Crippen LogP contribution in [-0.4, -0.2) is 41.3 Å². The molecular weight excluding hydrogens is 214 g/mol. The molecule has 1 aromatic rings.